The molecule has 5 aliphatic rings. The predicted octanol–water partition coefficient (Wildman–Crippen LogP) is 5.70. The highest BCUT2D eigenvalue weighted by Gasteiger charge is 2.66. The van der Waals surface area contributed by atoms with Gasteiger partial charge in [0.05, 0.1) is 11.7 Å². The van der Waals surface area contributed by atoms with Crippen molar-refractivity contribution in [1.82, 2.24) is 0 Å². The zero-order valence-corrected chi connectivity index (χ0v) is 22.8. The quantitative estimate of drug-likeness (QED) is 0.506. The Hall–Kier alpha value is -0.710. The smallest absolute Gasteiger partial charge is 0.138 e. The molecule has 0 aromatic rings. The Morgan fingerprint density at radius 2 is 1.68 bits per heavy atom. The average molecular weight is 473 g/mol. The van der Waals surface area contributed by atoms with E-state index >= 15 is 0 Å². The van der Waals surface area contributed by atoms with E-state index < -0.39 is 17.8 Å². The summed E-state index contributed by atoms with van der Waals surface area (Å²) < 4.78 is 6.28. The zero-order chi connectivity index (χ0) is 25.1. The molecular formula is C30H48O4. The monoisotopic (exact) mass is 472 g/mol. The van der Waals surface area contributed by atoms with Gasteiger partial charge in [-0.3, -0.25) is 4.79 Å². The summed E-state index contributed by atoms with van der Waals surface area (Å²) in [6.45, 7) is 17.9. The number of aliphatic hydroxyl groups excluding tert-OH is 2. The van der Waals surface area contributed by atoms with E-state index in [1.165, 1.54) is 19.3 Å². The molecule has 0 spiro atoms. The lowest BCUT2D eigenvalue weighted by Crippen LogP contribution is -2.57. The number of Topliss-reactive ketones (excluding diaryl/α,β-unsaturated/α-hetero) is 1. The Kier molecular flexibility index (Phi) is 5.44. The van der Waals surface area contributed by atoms with Gasteiger partial charge >= 0.3 is 0 Å². The average Bonchev–Trinajstić information content (AvgIpc) is 3.15. The van der Waals surface area contributed by atoms with Gasteiger partial charge in [0.2, 0.25) is 0 Å². The van der Waals surface area contributed by atoms with Gasteiger partial charge < -0.3 is 14.9 Å². The van der Waals surface area contributed by atoms with E-state index in [1.807, 2.05) is 13.8 Å². The van der Waals surface area contributed by atoms with Crippen molar-refractivity contribution in [3.05, 3.63) is 11.6 Å². The molecule has 4 fully saturated rings. The molecule has 10 atom stereocenters. The minimum Gasteiger partial charge on any atom is -0.388 e. The summed E-state index contributed by atoms with van der Waals surface area (Å²) in [5.41, 5.74) is 1.24. The highest BCUT2D eigenvalue weighted by molar-refractivity contribution is 5.85. The SMILES string of the molecule is C[C@H]([C@H]1OC(C)(C)[C@@H](O)[C@@H]1O)[C@@H]1CC[C@]2(C)C3=CC[C@H]4C(C)(C)C(=O)CC[C@]4(C)[C@H]3CC[C@@]12C. The number of ketones is 1. The highest BCUT2D eigenvalue weighted by atomic mass is 16.6. The molecule has 0 aromatic carbocycles. The summed E-state index contributed by atoms with van der Waals surface area (Å²) in [6.07, 6.45) is 8.07. The van der Waals surface area contributed by atoms with Crippen molar-refractivity contribution in [3.8, 4) is 0 Å². The predicted molar refractivity (Wildman–Crippen MR) is 134 cm³/mol. The van der Waals surface area contributed by atoms with Gasteiger partial charge in [0.1, 0.15) is 18.0 Å². The summed E-state index contributed by atoms with van der Waals surface area (Å²) in [5.74, 6) is 2.10. The molecule has 192 valence electrons. The molecule has 0 radical (unpaired) electrons. The van der Waals surface area contributed by atoms with E-state index in [0.29, 0.717) is 23.5 Å². The summed E-state index contributed by atoms with van der Waals surface area (Å²) in [6, 6.07) is 0. The fourth-order valence-corrected chi connectivity index (χ4v) is 10.1. The second kappa shape index (κ2) is 7.42. The number of carbonyl (C=O) groups excluding carboxylic acids is 1. The Labute approximate surface area is 206 Å². The van der Waals surface area contributed by atoms with Crippen LogP contribution in [0.5, 0.6) is 0 Å². The van der Waals surface area contributed by atoms with Crippen LogP contribution in [-0.2, 0) is 9.53 Å². The first-order valence-corrected chi connectivity index (χ1v) is 13.9. The molecule has 1 aliphatic heterocycles. The normalized spacial score (nSPS) is 52.4. The standard InChI is InChI=1S/C30H48O4/c1-17(24-23(32)25(33)27(4,5)34-24)18-11-15-30(8)20-9-10-21-26(2,3)22(31)13-14-28(21,6)19(20)12-16-29(18,30)7/h9,17-19,21,23-25,32-33H,10-16H2,1-8H3/t17-,18-,19-,21-,23+,24+,25-,28+,29-,30+/m0/s1. The molecule has 34 heavy (non-hydrogen) atoms. The molecule has 3 saturated carbocycles. The van der Waals surface area contributed by atoms with Crippen molar-refractivity contribution < 1.29 is 19.7 Å². The number of ether oxygens (including phenoxy) is 1. The molecule has 5 rings (SSSR count). The first-order valence-electron chi connectivity index (χ1n) is 13.9. The summed E-state index contributed by atoms with van der Waals surface area (Å²) >= 11 is 0. The maximum Gasteiger partial charge on any atom is 0.138 e. The fourth-order valence-electron chi connectivity index (χ4n) is 10.1. The minimum absolute atomic E-state index is 0.145. The number of rotatable bonds is 2. The van der Waals surface area contributed by atoms with Crippen molar-refractivity contribution in [3.63, 3.8) is 0 Å². The van der Waals surface area contributed by atoms with Crippen molar-refractivity contribution in [2.24, 2.45) is 45.3 Å². The van der Waals surface area contributed by atoms with Crippen LogP contribution in [0.3, 0.4) is 0 Å². The van der Waals surface area contributed by atoms with E-state index in [1.54, 1.807) is 5.57 Å². The molecule has 0 bridgehead atoms. The topological polar surface area (TPSA) is 66.8 Å². The van der Waals surface area contributed by atoms with Gasteiger partial charge in [0, 0.05) is 11.8 Å². The number of fused-ring (bicyclic) bond motifs is 5. The molecule has 0 aromatic heterocycles. The number of hydrogen-bond donors (Lipinski definition) is 2. The summed E-state index contributed by atoms with van der Waals surface area (Å²) in [4.78, 5) is 12.8. The Morgan fingerprint density at radius 3 is 2.29 bits per heavy atom. The molecule has 0 amide bonds. The second-order valence-corrected chi connectivity index (χ2v) is 14.6. The maximum atomic E-state index is 12.8. The summed E-state index contributed by atoms with van der Waals surface area (Å²) in [5, 5.41) is 21.5. The van der Waals surface area contributed by atoms with Crippen LogP contribution in [0.2, 0.25) is 0 Å². The molecule has 4 heteroatoms. The number of allylic oxidation sites excluding steroid dienone is 2. The van der Waals surface area contributed by atoms with Gasteiger partial charge in [-0.25, -0.2) is 0 Å². The van der Waals surface area contributed by atoms with Crippen LogP contribution in [0, 0.1) is 45.3 Å². The molecule has 4 aliphatic carbocycles. The van der Waals surface area contributed by atoms with Crippen LogP contribution in [0.25, 0.3) is 0 Å². The van der Waals surface area contributed by atoms with Gasteiger partial charge in [-0.15, -0.1) is 0 Å². The van der Waals surface area contributed by atoms with Gasteiger partial charge in [-0.2, -0.15) is 0 Å². The Morgan fingerprint density at radius 1 is 1.00 bits per heavy atom. The van der Waals surface area contributed by atoms with Gasteiger partial charge in [0.25, 0.3) is 0 Å². The minimum atomic E-state index is -0.841. The van der Waals surface area contributed by atoms with Gasteiger partial charge in [-0.1, -0.05) is 53.2 Å². The molecule has 1 saturated heterocycles. The molecule has 4 nitrogen and oxygen atoms in total. The lowest BCUT2D eigenvalue weighted by molar-refractivity contribution is -0.146. The zero-order valence-electron chi connectivity index (χ0n) is 22.8. The van der Waals surface area contributed by atoms with Gasteiger partial charge in [-0.05, 0) is 92.3 Å². The Balaban J connectivity index is 1.47. The first kappa shape index (κ1) is 25.0. The van der Waals surface area contributed by atoms with Crippen molar-refractivity contribution in [1.29, 1.82) is 0 Å². The maximum absolute atomic E-state index is 12.8. The van der Waals surface area contributed by atoms with Crippen LogP contribution < -0.4 is 0 Å². The van der Waals surface area contributed by atoms with Crippen LogP contribution in [-0.4, -0.2) is 39.9 Å². The molecular weight excluding hydrogens is 424 g/mol. The number of hydrogen-bond acceptors (Lipinski definition) is 4. The third-order valence-electron chi connectivity index (χ3n) is 12.6. The largest absolute Gasteiger partial charge is 0.388 e. The van der Waals surface area contributed by atoms with Gasteiger partial charge in [0.15, 0.2) is 0 Å². The number of carbonyl (C=O) groups is 1. The lowest BCUT2D eigenvalue weighted by atomic mass is 9.41. The third-order valence-corrected chi connectivity index (χ3v) is 12.6. The van der Waals surface area contributed by atoms with E-state index in [0.717, 1.165) is 25.7 Å². The van der Waals surface area contributed by atoms with Crippen LogP contribution >= 0.6 is 0 Å². The second-order valence-electron chi connectivity index (χ2n) is 14.6. The lowest BCUT2D eigenvalue weighted by Gasteiger charge is -2.63. The number of aliphatic hydroxyl groups is 2. The third kappa shape index (κ3) is 2.97. The summed E-state index contributed by atoms with van der Waals surface area (Å²) in [7, 11) is 0. The van der Waals surface area contributed by atoms with E-state index in [9.17, 15) is 15.0 Å². The first-order chi connectivity index (χ1) is 15.6. The fraction of sp³-hybridized carbons (Fsp3) is 0.900. The Bertz CT molecular complexity index is 903. The van der Waals surface area contributed by atoms with Crippen molar-refractivity contribution >= 4 is 5.78 Å². The molecule has 0 unspecified atom stereocenters. The van der Waals surface area contributed by atoms with Crippen molar-refractivity contribution in [2.75, 3.05) is 0 Å². The van der Waals surface area contributed by atoms with Crippen LogP contribution in [0.1, 0.15) is 100 Å². The molecule has 1 heterocycles. The van der Waals surface area contributed by atoms with Crippen LogP contribution in [0.15, 0.2) is 11.6 Å². The van der Waals surface area contributed by atoms with Crippen molar-refractivity contribution in [2.45, 2.75) is 124 Å². The van der Waals surface area contributed by atoms with E-state index in [-0.39, 0.29) is 33.7 Å². The van der Waals surface area contributed by atoms with Crippen LogP contribution in [0.4, 0.5) is 0 Å². The van der Waals surface area contributed by atoms with E-state index in [4.69, 9.17) is 4.74 Å². The highest BCUT2D eigenvalue weighted by Crippen LogP contribution is 2.73. The van der Waals surface area contributed by atoms with E-state index in [2.05, 4.69) is 47.6 Å². The molecule has 2 N–H and O–H groups in total.